The van der Waals surface area contributed by atoms with Crippen LogP contribution in [0.4, 0.5) is 47.3 Å². The van der Waals surface area contributed by atoms with Crippen LogP contribution in [0.2, 0.25) is 0 Å². The van der Waals surface area contributed by atoms with Crippen molar-refractivity contribution in [1.29, 1.82) is 0 Å². The van der Waals surface area contributed by atoms with E-state index in [1.807, 2.05) is 103 Å². The molecule has 12 aromatic carbocycles. The van der Waals surface area contributed by atoms with Crippen molar-refractivity contribution in [1.82, 2.24) is 0 Å². The topological polar surface area (TPSA) is 82.5 Å². The molecule has 432 valence electrons. The number of anilines is 6. The summed E-state index contributed by atoms with van der Waals surface area (Å²) >= 11 is 0. The predicted molar refractivity (Wildman–Crippen MR) is 360 cm³/mol. The highest BCUT2D eigenvalue weighted by atomic mass is 32.2. The highest BCUT2D eigenvalue weighted by Gasteiger charge is 2.49. The molecule has 0 radical (unpaired) electrons. The van der Waals surface area contributed by atoms with Crippen molar-refractivity contribution in [2.45, 2.75) is 5.51 Å². The number of alkyl halides is 3. The third kappa shape index (κ3) is 11.3. The first-order valence-corrected chi connectivity index (χ1v) is 30.5. The minimum Gasteiger partial charge on any atom is -0.508 e. The summed E-state index contributed by atoms with van der Waals surface area (Å²) in [5, 5.41) is 9.78. The SMILES string of the molecule is COc1ccc(B2c3ccccc3-c3ccccc3N2c2ccccc2)cc1.O=S(=O)(Oc1ccc(B2c3ccccc3-c3ccccc3N2c2ccccc2)cc1)C(F)(F)F.Oc1ccc(B2c3ccccc3-c3ccccc3N2c2ccccc2)cc1. The fourth-order valence-corrected chi connectivity index (χ4v) is 12.9. The van der Waals surface area contributed by atoms with Gasteiger partial charge in [0.05, 0.1) is 7.11 Å². The summed E-state index contributed by atoms with van der Waals surface area (Å²) < 4.78 is 70.6. The van der Waals surface area contributed by atoms with Crippen LogP contribution in [0.25, 0.3) is 33.4 Å². The number of phenolic OH excluding ortho intramolecular Hbond substituents is 1. The van der Waals surface area contributed by atoms with E-state index >= 15 is 0 Å². The van der Waals surface area contributed by atoms with E-state index in [0.717, 1.165) is 50.3 Å². The monoisotopic (exact) mass is 1190 g/mol. The van der Waals surface area contributed by atoms with Gasteiger partial charge in [0.25, 0.3) is 0 Å². The summed E-state index contributed by atoms with van der Waals surface area (Å²) in [5.41, 5.74) is 15.1. The number of phenols is 1. The molecule has 0 unspecified atom stereocenters. The Morgan fingerprint density at radius 2 is 0.607 bits per heavy atom. The number of para-hydroxylation sites is 6. The number of hydrogen-bond acceptors (Lipinski definition) is 8. The van der Waals surface area contributed by atoms with Gasteiger partial charge in [-0.05, 0) is 124 Å². The highest BCUT2D eigenvalue weighted by molar-refractivity contribution is 7.88. The molecule has 1 N–H and O–H groups in total. The second-order valence-corrected chi connectivity index (χ2v) is 23.1. The molecule has 0 spiro atoms. The second-order valence-electron chi connectivity index (χ2n) is 21.6. The molecule has 0 amide bonds. The van der Waals surface area contributed by atoms with Gasteiger partial charge in [-0.1, -0.05) is 235 Å². The number of fused-ring (bicyclic) bond motifs is 9. The lowest BCUT2D eigenvalue weighted by atomic mass is 9.46. The predicted octanol–water partition coefficient (Wildman–Crippen LogP) is 13.8. The third-order valence-corrected chi connectivity index (χ3v) is 17.3. The number of hydrogen-bond donors (Lipinski definition) is 1. The second kappa shape index (κ2) is 24.6. The molecule has 15 rings (SSSR count). The van der Waals surface area contributed by atoms with Crippen molar-refractivity contribution in [2.24, 2.45) is 0 Å². The van der Waals surface area contributed by atoms with Gasteiger partial charge in [-0.25, -0.2) is 0 Å². The number of halogens is 3. The fraction of sp³-hybridized carbons (Fsp3) is 0.0270. The van der Waals surface area contributed by atoms with Gasteiger partial charge in [0.2, 0.25) is 0 Å². The Kier molecular flexibility index (Phi) is 15.9. The molecule has 0 saturated heterocycles. The molecule has 0 aromatic heterocycles. The van der Waals surface area contributed by atoms with Crippen LogP contribution >= 0.6 is 0 Å². The minimum absolute atomic E-state index is 0.0408. The Labute approximate surface area is 517 Å². The molecule has 3 aliphatic rings. The van der Waals surface area contributed by atoms with Gasteiger partial charge in [0, 0.05) is 50.8 Å². The van der Waals surface area contributed by atoms with Crippen molar-refractivity contribution in [3.05, 3.63) is 309 Å². The maximum absolute atomic E-state index is 12.7. The Bertz CT molecular complexity index is 4570. The number of ether oxygens (including phenoxy) is 1. The first kappa shape index (κ1) is 57.4. The van der Waals surface area contributed by atoms with E-state index in [1.165, 1.54) is 67.8 Å². The Balaban J connectivity index is 0.000000124. The molecule has 0 aliphatic carbocycles. The Morgan fingerprint density at radius 1 is 0.337 bits per heavy atom. The summed E-state index contributed by atoms with van der Waals surface area (Å²) in [6.45, 7) is -0.166. The standard InChI is InChI=1S/C25H17BF3NO3S.C25H20BNO.C24H18BNO/c27-25(28,29)34(31,32)33-20-16-14-18(15-17-20)26-23-12-6-4-10-21(23)22-11-5-7-13-24(22)30(26)19-8-2-1-3-9-19;1-28-21-17-15-19(16-18-21)26-24-13-7-5-11-22(24)23-12-6-8-14-25(23)27(26)20-9-3-2-4-10-20;27-20-16-14-18(15-17-20)25-23-12-6-4-10-21(23)22-11-5-7-13-24(22)26(25)19-8-2-1-3-9-19/h1-17H;2-18H,1H3;1-17,27H. The van der Waals surface area contributed by atoms with E-state index in [2.05, 4.69) is 188 Å². The van der Waals surface area contributed by atoms with Crippen LogP contribution in [0, 0.1) is 0 Å². The molecule has 0 bridgehead atoms. The molecule has 89 heavy (non-hydrogen) atoms. The Hall–Kier alpha value is -10.6. The van der Waals surface area contributed by atoms with Gasteiger partial charge >= 0.3 is 36.2 Å². The number of benzene rings is 12. The number of rotatable bonds is 9. The molecule has 3 aliphatic heterocycles. The molecule has 12 aromatic rings. The largest absolute Gasteiger partial charge is 0.534 e. The summed E-state index contributed by atoms with van der Waals surface area (Å²) in [5.74, 6) is 0.755. The molecular weight excluding hydrogens is 1130 g/mol. The fourth-order valence-electron chi connectivity index (χ4n) is 12.4. The third-order valence-electron chi connectivity index (χ3n) is 16.3. The van der Waals surface area contributed by atoms with Crippen LogP contribution in [0.5, 0.6) is 17.2 Å². The molecule has 15 heteroatoms. The van der Waals surface area contributed by atoms with Crippen LogP contribution in [-0.2, 0) is 10.1 Å². The first-order valence-electron chi connectivity index (χ1n) is 29.1. The molecule has 0 saturated carbocycles. The number of methoxy groups -OCH3 is 1. The van der Waals surface area contributed by atoms with E-state index in [-0.39, 0.29) is 26.3 Å². The maximum atomic E-state index is 12.7. The van der Waals surface area contributed by atoms with Crippen LogP contribution in [-0.4, -0.2) is 46.7 Å². The zero-order valence-electron chi connectivity index (χ0n) is 48.1. The summed E-state index contributed by atoms with van der Waals surface area (Å²) in [7, 11) is -4.04. The van der Waals surface area contributed by atoms with Gasteiger partial charge in [-0.2, -0.15) is 21.6 Å². The summed E-state index contributed by atoms with van der Waals surface area (Å²) in [6.07, 6.45) is 0. The zero-order valence-corrected chi connectivity index (χ0v) is 49.0. The average molecular weight is 1190 g/mol. The molecule has 0 fully saturated rings. The number of nitrogens with zero attached hydrogens (tertiary/aromatic N) is 3. The van der Waals surface area contributed by atoms with E-state index in [0.29, 0.717) is 0 Å². The minimum atomic E-state index is -5.74. The zero-order chi connectivity index (χ0) is 61.1. The van der Waals surface area contributed by atoms with Crippen LogP contribution in [0.15, 0.2) is 309 Å². The molecular formula is C74H55B3F3N3O5S. The maximum Gasteiger partial charge on any atom is 0.534 e. The summed E-state index contributed by atoms with van der Waals surface area (Å²) in [6, 6.07) is 103. The van der Waals surface area contributed by atoms with Gasteiger partial charge in [-0.3, -0.25) is 0 Å². The first-order chi connectivity index (χ1) is 43.5. The van der Waals surface area contributed by atoms with Crippen molar-refractivity contribution >= 4 is 97.6 Å². The lowest BCUT2D eigenvalue weighted by molar-refractivity contribution is -0.0500. The lowest BCUT2D eigenvalue weighted by Gasteiger charge is -2.38. The van der Waals surface area contributed by atoms with Gasteiger partial charge < -0.3 is 28.5 Å². The summed E-state index contributed by atoms with van der Waals surface area (Å²) in [4.78, 5) is 7.00. The lowest BCUT2D eigenvalue weighted by Crippen LogP contribution is -2.57. The van der Waals surface area contributed by atoms with Crippen LogP contribution in [0.1, 0.15) is 0 Å². The van der Waals surface area contributed by atoms with Gasteiger partial charge in [0.15, 0.2) is 0 Å². The highest BCUT2D eigenvalue weighted by Crippen LogP contribution is 2.43. The molecule has 3 heterocycles. The normalized spacial score (nSPS) is 12.7. The van der Waals surface area contributed by atoms with Gasteiger partial charge in [-0.15, -0.1) is 0 Å². The smallest absolute Gasteiger partial charge is 0.508 e. The van der Waals surface area contributed by atoms with E-state index in [4.69, 9.17) is 4.74 Å². The van der Waals surface area contributed by atoms with Crippen LogP contribution < -0.4 is 56.1 Å². The van der Waals surface area contributed by atoms with E-state index < -0.39 is 21.4 Å². The molecule has 0 atom stereocenters. The number of aromatic hydroxyl groups is 1. The quantitative estimate of drug-likeness (QED) is 0.0870. The Morgan fingerprint density at radius 3 is 0.921 bits per heavy atom. The average Bonchev–Trinajstić information content (AvgIpc) is 0.963. The van der Waals surface area contributed by atoms with Crippen molar-refractivity contribution in [3.63, 3.8) is 0 Å². The molecule has 8 nitrogen and oxygen atoms in total. The van der Waals surface area contributed by atoms with Crippen molar-refractivity contribution < 1.29 is 35.6 Å². The van der Waals surface area contributed by atoms with Crippen molar-refractivity contribution in [3.8, 4) is 50.6 Å². The van der Waals surface area contributed by atoms with Gasteiger partial charge in [0.1, 0.15) is 17.2 Å². The van der Waals surface area contributed by atoms with E-state index in [9.17, 15) is 26.7 Å². The van der Waals surface area contributed by atoms with Crippen molar-refractivity contribution in [2.75, 3.05) is 21.5 Å². The van der Waals surface area contributed by atoms with Crippen LogP contribution in [0.3, 0.4) is 0 Å². The van der Waals surface area contributed by atoms with E-state index in [1.54, 1.807) is 31.4 Å².